The van der Waals surface area contributed by atoms with Crippen LogP contribution >= 0.6 is 0 Å². The summed E-state index contributed by atoms with van der Waals surface area (Å²) in [4.78, 5) is 11.7. The van der Waals surface area contributed by atoms with E-state index in [1.54, 1.807) is 7.11 Å². The van der Waals surface area contributed by atoms with Gasteiger partial charge in [0.25, 0.3) is 0 Å². The molecule has 0 rings (SSSR count). The molecule has 0 fully saturated rings. The zero-order valence-electron chi connectivity index (χ0n) is 11.7. The fraction of sp³-hybridized carbons (Fsp3) is 0.923. The van der Waals surface area contributed by atoms with Crippen LogP contribution in [0.25, 0.3) is 0 Å². The van der Waals surface area contributed by atoms with Crippen LogP contribution in [0, 0.1) is 0 Å². The molecule has 0 radical (unpaired) electrons. The number of hydrogen-bond donors (Lipinski definition) is 2. The van der Waals surface area contributed by atoms with Crippen LogP contribution in [0.5, 0.6) is 0 Å². The van der Waals surface area contributed by atoms with Crippen molar-refractivity contribution in [3.8, 4) is 0 Å². The fourth-order valence-corrected chi connectivity index (χ4v) is 1.87. The highest BCUT2D eigenvalue weighted by molar-refractivity contribution is 5.81. The van der Waals surface area contributed by atoms with Crippen molar-refractivity contribution >= 4 is 5.91 Å². The first-order valence-corrected chi connectivity index (χ1v) is 6.68. The smallest absolute Gasteiger partial charge is 0.236 e. The summed E-state index contributed by atoms with van der Waals surface area (Å²) in [5, 5.41) is 6.24. The largest absolute Gasteiger partial charge is 0.383 e. The Bertz CT molecular complexity index is 192. The monoisotopic (exact) mass is 244 g/mol. The molecule has 0 spiro atoms. The van der Waals surface area contributed by atoms with E-state index in [1.165, 1.54) is 0 Å². The van der Waals surface area contributed by atoms with E-state index in [-0.39, 0.29) is 11.9 Å². The van der Waals surface area contributed by atoms with Crippen molar-refractivity contribution in [1.29, 1.82) is 0 Å². The zero-order chi connectivity index (χ0) is 13.1. The fourth-order valence-electron chi connectivity index (χ4n) is 1.87. The molecule has 4 heteroatoms. The minimum atomic E-state index is -0.130. The van der Waals surface area contributed by atoms with Gasteiger partial charge in [-0.15, -0.1) is 0 Å². The molecule has 0 saturated heterocycles. The second kappa shape index (κ2) is 10.5. The van der Waals surface area contributed by atoms with E-state index in [1.807, 2.05) is 6.92 Å². The van der Waals surface area contributed by atoms with Crippen LogP contribution in [0.15, 0.2) is 0 Å². The predicted molar refractivity (Wildman–Crippen MR) is 71.1 cm³/mol. The van der Waals surface area contributed by atoms with Crippen LogP contribution < -0.4 is 10.6 Å². The Balaban J connectivity index is 3.92. The summed E-state index contributed by atoms with van der Waals surface area (Å²) in [5.74, 6) is 0.0549. The van der Waals surface area contributed by atoms with Crippen LogP contribution in [0.2, 0.25) is 0 Å². The maximum Gasteiger partial charge on any atom is 0.236 e. The van der Waals surface area contributed by atoms with Gasteiger partial charge in [-0.3, -0.25) is 4.79 Å². The van der Waals surface area contributed by atoms with Crippen molar-refractivity contribution in [3.05, 3.63) is 0 Å². The average Bonchev–Trinajstić information content (AvgIpc) is 2.29. The molecule has 0 heterocycles. The molecule has 0 aromatic rings. The number of ether oxygens (including phenoxy) is 1. The Hall–Kier alpha value is -0.610. The molecule has 0 aromatic carbocycles. The summed E-state index contributed by atoms with van der Waals surface area (Å²) in [7, 11) is 1.63. The molecule has 0 aromatic heterocycles. The normalized spacial score (nSPS) is 12.8. The Morgan fingerprint density at radius 2 is 1.82 bits per heavy atom. The Morgan fingerprint density at radius 1 is 1.24 bits per heavy atom. The van der Waals surface area contributed by atoms with E-state index in [0.29, 0.717) is 19.2 Å². The standard InChI is InChI=1S/C13H28N2O2/c1-5-7-12(8-6-2)15-11(3)13(16)14-9-10-17-4/h11-12,15H,5-10H2,1-4H3,(H,14,16). The quantitative estimate of drug-likeness (QED) is 0.575. The lowest BCUT2D eigenvalue weighted by molar-refractivity contribution is -0.123. The summed E-state index contributed by atoms with van der Waals surface area (Å²) in [6.07, 6.45) is 4.55. The molecular formula is C13H28N2O2. The van der Waals surface area contributed by atoms with Crippen molar-refractivity contribution in [1.82, 2.24) is 10.6 Å². The maximum absolute atomic E-state index is 11.7. The van der Waals surface area contributed by atoms with E-state index < -0.39 is 0 Å². The molecule has 0 aliphatic carbocycles. The van der Waals surface area contributed by atoms with Crippen LogP contribution in [0.3, 0.4) is 0 Å². The van der Waals surface area contributed by atoms with Gasteiger partial charge >= 0.3 is 0 Å². The molecule has 17 heavy (non-hydrogen) atoms. The average molecular weight is 244 g/mol. The highest BCUT2D eigenvalue weighted by atomic mass is 16.5. The van der Waals surface area contributed by atoms with Crippen molar-refractivity contribution in [3.63, 3.8) is 0 Å². The van der Waals surface area contributed by atoms with Crippen molar-refractivity contribution < 1.29 is 9.53 Å². The molecule has 1 amide bonds. The third kappa shape index (κ3) is 8.16. The Kier molecular flexibility index (Phi) is 10.2. The van der Waals surface area contributed by atoms with Gasteiger partial charge in [-0.1, -0.05) is 26.7 Å². The number of nitrogens with one attached hydrogen (secondary N) is 2. The molecular weight excluding hydrogens is 216 g/mol. The third-order valence-electron chi connectivity index (χ3n) is 2.76. The summed E-state index contributed by atoms with van der Waals surface area (Å²) in [6, 6.07) is 0.322. The first-order chi connectivity index (χ1) is 8.15. The van der Waals surface area contributed by atoms with Crippen molar-refractivity contribution in [2.75, 3.05) is 20.3 Å². The minimum Gasteiger partial charge on any atom is -0.383 e. The number of hydrogen-bond acceptors (Lipinski definition) is 3. The number of amides is 1. The van der Waals surface area contributed by atoms with Gasteiger partial charge in [-0.05, 0) is 19.8 Å². The van der Waals surface area contributed by atoms with E-state index in [2.05, 4.69) is 24.5 Å². The lowest BCUT2D eigenvalue weighted by Gasteiger charge is -2.22. The van der Waals surface area contributed by atoms with Gasteiger partial charge in [-0.25, -0.2) is 0 Å². The molecule has 0 aliphatic heterocycles. The van der Waals surface area contributed by atoms with Crippen LogP contribution in [0.1, 0.15) is 46.5 Å². The van der Waals surface area contributed by atoms with E-state index in [9.17, 15) is 4.79 Å². The van der Waals surface area contributed by atoms with Crippen LogP contribution in [-0.2, 0) is 9.53 Å². The predicted octanol–water partition coefficient (Wildman–Crippen LogP) is 1.70. The highest BCUT2D eigenvalue weighted by Crippen LogP contribution is 2.05. The second-order valence-electron chi connectivity index (χ2n) is 4.45. The van der Waals surface area contributed by atoms with Gasteiger partial charge < -0.3 is 15.4 Å². The summed E-state index contributed by atoms with van der Waals surface area (Å²) in [5.41, 5.74) is 0. The van der Waals surface area contributed by atoms with Gasteiger partial charge in [0, 0.05) is 19.7 Å². The first-order valence-electron chi connectivity index (χ1n) is 6.68. The van der Waals surface area contributed by atoms with Crippen LogP contribution in [-0.4, -0.2) is 38.3 Å². The third-order valence-corrected chi connectivity index (χ3v) is 2.76. The van der Waals surface area contributed by atoms with Gasteiger partial charge in [0.1, 0.15) is 0 Å². The van der Waals surface area contributed by atoms with Gasteiger partial charge in [0.2, 0.25) is 5.91 Å². The molecule has 0 aliphatic rings. The Morgan fingerprint density at radius 3 is 2.29 bits per heavy atom. The molecule has 102 valence electrons. The maximum atomic E-state index is 11.7. The summed E-state index contributed by atoms with van der Waals surface area (Å²) < 4.78 is 4.90. The van der Waals surface area contributed by atoms with E-state index in [0.717, 1.165) is 25.7 Å². The number of methoxy groups -OCH3 is 1. The minimum absolute atomic E-state index is 0.0549. The second-order valence-corrected chi connectivity index (χ2v) is 4.45. The lowest BCUT2D eigenvalue weighted by Crippen LogP contribution is -2.47. The number of carbonyl (C=O) groups excluding carboxylic acids is 1. The molecule has 1 unspecified atom stereocenters. The molecule has 4 nitrogen and oxygen atoms in total. The summed E-state index contributed by atoms with van der Waals surface area (Å²) >= 11 is 0. The zero-order valence-corrected chi connectivity index (χ0v) is 11.7. The van der Waals surface area contributed by atoms with Crippen molar-refractivity contribution in [2.24, 2.45) is 0 Å². The summed E-state index contributed by atoms with van der Waals surface area (Å²) in [6.45, 7) is 7.40. The Labute approximate surface area is 105 Å². The molecule has 2 N–H and O–H groups in total. The van der Waals surface area contributed by atoms with Gasteiger partial charge in [0.05, 0.1) is 12.6 Å². The molecule has 0 bridgehead atoms. The van der Waals surface area contributed by atoms with Gasteiger partial charge in [-0.2, -0.15) is 0 Å². The SMILES string of the molecule is CCCC(CCC)NC(C)C(=O)NCCOC. The number of rotatable bonds is 10. The molecule has 1 atom stereocenters. The molecule has 0 saturated carbocycles. The van der Waals surface area contributed by atoms with E-state index in [4.69, 9.17) is 4.74 Å². The first kappa shape index (κ1) is 16.4. The topological polar surface area (TPSA) is 50.4 Å². The van der Waals surface area contributed by atoms with Crippen LogP contribution in [0.4, 0.5) is 0 Å². The number of carbonyl (C=O) groups is 1. The van der Waals surface area contributed by atoms with E-state index >= 15 is 0 Å². The van der Waals surface area contributed by atoms with Gasteiger partial charge in [0.15, 0.2) is 0 Å². The highest BCUT2D eigenvalue weighted by Gasteiger charge is 2.16. The van der Waals surface area contributed by atoms with Crippen molar-refractivity contribution in [2.45, 2.75) is 58.5 Å². The lowest BCUT2D eigenvalue weighted by atomic mass is 10.1.